The predicted molar refractivity (Wildman–Crippen MR) is 142 cm³/mol. The van der Waals surface area contributed by atoms with Gasteiger partial charge in [-0.25, -0.2) is 4.98 Å². The first-order valence-electron chi connectivity index (χ1n) is 12.7. The number of nitrogens with one attached hydrogen (secondary N) is 1. The molecule has 7 nitrogen and oxygen atoms in total. The minimum absolute atomic E-state index is 0.221. The highest BCUT2D eigenvalue weighted by Gasteiger charge is 2.47. The number of ether oxygens (including phenoxy) is 2. The fourth-order valence-corrected chi connectivity index (χ4v) is 5.35. The lowest BCUT2D eigenvalue weighted by atomic mass is 9.75. The van der Waals surface area contributed by atoms with Gasteiger partial charge in [-0.3, -0.25) is 9.63 Å². The molecule has 1 aromatic heterocycles. The van der Waals surface area contributed by atoms with Crippen LogP contribution < -0.4 is 9.47 Å². The van der Waals surface area contributed by atoms with Crippen LogP contribution in [0.1, 0.15) is 42.9 Å². The zero-order chi connectivity index (χ0) is 25.9. The zero-order valence-corrected chi connectivity index (χ0v) is 21.7. The highest BCUT2D eigenvalue weighted by Crippen LogP contribution is 2.46. The number of rotatable bonds is 8. The van der Waals surface area contributed by atoms with E-state index in [9.17, 15) is 4.79 Å². The van der Waals surface area contributed by atoms with Gasteiger partial charge in [0.2, 0.25) is 0 Å². The summed E-state index contributed by atoms with van der Waals surface area (Å²) >= 11 is 0. The first-order chi connectivity index (χ1) is 18.0. The second kappa shape index (κ2) is 10.7. The van der Waals surface area contributed by atoms with E-state index < -0.39 is 0 Å². The van der Waals surface area contributed by atoms with E-state index in [4.69, 9.17) is 19.3 Å². The van der Waals surface area contributed by atoms with Crippen LogP contribution in [0.2, 0.25) is 0 Å². The van der Waals surface area contributed by atoms with Crippen molar-refractivity contribution in [2.24, 2.45) is 11.8 Å². The molecule has 2 heterocycles. The lowest BCUT2D eigenvalue weighted by Crippen LogP contribution is -2.49. The predicted octanol–water partition coefficient (Wildman–Crippen LogP) is 5.69. The molecular formula is C30H33N3O4. The number of hydrogen-bond donors (Lipinski definition) is 1. The number of imidazole rings is 1. The SMILES string of the molecule is COc1ccc([C@@H]2[C@@H](C)C(=O)[C@@H](C)[C@H](c3ccc(OC)cc3)N2OCCc2nc3ccccc3[nH]2)cc1. The van der Waals surface area contributed by atoms with Crippen LogP contribution in [0, 0.1) is 11.8 Å². The van der Waals surface area contributed by atoms with Gasteiger partial charge in [-0.15, -0.1) is 0 Å². The van der Waals surface area contributed by atoms with Gasteiger partial charge < -0.3 is 14.5 Å². The summed E-state index contributed by atoms with van der Waals surface area (Å²) in [6.07, 6.45) is 0.618. The Balaban J connectivity index is 1.47. The van der Waals surface area contributed by atoms with E-state index in [1.807, 2.05) is 91.7 Å². The molecule has 3 aromatic carbocycles. The Bertz CT molecular complexity index is 1250. The topological polar surface area (TPSA) is 76.7 Å². The van der Waals surface area contributed by atoms with Crippen LogP contribution in [0.3, 0.4) is 0 Å². The van der Waals surface area contributed by atoms with Crippen LogP contribution in [-0.2, 0) is 16.1 Å². The highest BCUT2D eigenvalue weighted by atomic mass is 16.7. The summed E-state index contributed by atoms with van der Waals surface area (Å²) in [5, 5.41) is 2.03. The summed E-state index contributed by atoms with van der Waals surface area (Å²) in [6.45, 7) is 4.41. The molecule has 7 heteroatoms. The Morgan fingerprint density at radius 1 is 0.811 bits per heavy atom. The Hall–Kier alpha value is -3.68. The van der Waals surface area contributed by atoms with Crippen LogP contribution in [0.25, 0.3) is 11.0 Å². The summed E-state index contributed by atoms with van der Waals surface area (Å²) < 4.78 is 10.7. The van der Waals surface area contributed by atoms with Gasteiger partial charge >= 0.3 is 0 Å². The first kappa shape index (κ1) is 25.0. The molecular weight excluding hydrogens is 466 g/mol. The average Bonchev–Trinajstić information content (AvgIpc) is 3.35. The number of aromatic nitrogens is 2. The quantitative estimate of drug-likeness (QED) is 0.335. The number of H-pyrrole nitrogens is 1. The number of carbonyl (C=O) groups excluding carboxylic acids is 1. The lowest BCUT2D eigenvalue weighted by Gasteiger charge is -2.47. The molecule has 192 valence electrons. The van der Waals surface area contributed by atoms with Crippen molar-refractivity contribution >= 4 is 16.8 Å². The Kier molecular flexibility index (Phi) is 7.26. The molecule has 0 amide bonds. The maximum atomic E-state index is 13.5. The third-order valence-corrected chi connectivity index (χ3v) is 7.33. The van der Waals surface area contributed by atoms with Crippen molar-refractivity contribution in [3.63, 3.8) is 0 Å². The first-order valence-corrected chi connectivity index (χ1v) is 12.7. The lowest BCUT2D eigenvalue weighted by molar-refractivity contribution is -0.246. The molecule has 4 atom stereocenters. The van der Waals surface area contributed by atoms with E-state index in [0.717, 1.165) is 39.5 Å². The maximum Gasteiger partial charge on any atom is 0.142 e. The summed E-state index contributed by atoms with van der Waals surface area (Å²) in [6, 6.07) is 23.3. The molecule has 0 bridgehead atoms. The van der Waals surface area contributed by atoms with E-state index in [-0.39, 0.29) is 29.7 Å². The monoisotopic (exact) mass is 499 g/mol. The number of nitrogens with zero attached hydrogens (tertiary/aromatic N) is 2. The van der Waals surface area contributed by atoms with Gasteiger partial charge in [0.25, 0.3) is 0 Å². The Morgan fingerprint density at radius 2 is 1.35 bits per heavy atom. The number of Topliss-reactive ketones (excluding diaryl/α,β-unsaturated/α-hetero) is 1. The van der Waals surface area contributed by atoms with Crippen molar-refractivity contribution in [3.8, 4) is 11.5 Å². The van der Waals surface area contributed by atoms with Crippen molar-refractivity contribution in [3.05, 3.63) is 89.7 Å². The zero-order valence-electron chi connectivity index (χ0n) is 21.7. The smallest absolute Gasteiger partial charge is 0.142 e. The van der Waals surface area contributed by atoms with Crippen molar-refractivity contribution in [2.45, 2.75) is 32.4 Å². The molecule has 0 spiro atoms. The summed E-state index contributed by atoms with van der Waals surface area (Å²) in [4.78, 5) is 28.2. The molecule has 0 saturated carbocycles. The van der Waals surface area contributed by atoms with Crippen LogP contribution >= 0.6 is 0 Å². The molecule has 0 aliphatic carbocycles. The van der Waals surface area contributed by atoms with Crippen molar-refractivity contribution in [1.82, 2.24) is 15.0 Å². The fourth-order valence-electron chi connectivity index (χ4n) is 5.35. The van der Waals surface area contributed by atoms with Crippen molar-refractivity contribution in [1.29, 1.82) is 0 Å². The standard InChI is InChI=1S/C30H33N3O4/c1-19-28(21-9-13-23(35-3)14-10-21)33(37-18-17-27-31-25-7-5-6-8-26(25)32-27)29(20(2)30(19)34)22-11-15-24(36-4)16-12-22/h5-16,19-20,28-29H,17-18H2,1-4H3,(H,31,32)/t19-,20+,28+,29-. The van der Waals surface area contributed by atoms with Crippen molar-refractivity contribution < 1.29 is 19.1 Å². The van der Waals surface area contributed by atoms with Gasteiger partial charge in [0.05, 0.1) is 43.9 Å². The molecule has 5 rings (SSSR count). The van der Waals surface area contributed by atoms with Crippen LogP contribution in [-0.4, -0.2) is 41.6 Å². The number of fused-ring (bicyclic) bond motifs is 1. The summed E-state index contributed by atoms with van der Waals surface area (Å²) in [5.41, 5.74) is 3.97. The molecule has 1 N–H and O–H groups in total. The second-order valence-electron chi connectivity index (χ2n) is 9.56. The average molecular weight is 500 g/mol. The van der Waals surface area contributed by atoms with Crippen LogP contribution in [0.15, 0.2) is 72.8 Å². The van der Waals surface area contributed by atoms with E-state index in [0.29, 0.717) is 13.0 Å². The molecule has 0 radical (unpaired) electrons. The minimum atomic E-state index is -0.252. The van der Waals surface area contributed by atoms with Crippen LogP contribution in [0.5, 0.6) is 11.5 Å². The third kappa shape index (κ3) is 4.97. The molecule has 1 saturated heterocycles. The number of benzene rings is 3. The minimum Gasteiger partial charge on any atom is -0.497 e. The van der Waals surface area contributed by atoms with Gasteiger partial charge in [0.15, 0.2) is 0 Å². The third-order valence-electron chi connectivity index (χ3n) is 7.33. The number of aromatic amines is 1. The van der Waals surface area contributed by atoms with Gasteiger partial charge in [-0.2, -0.15) is 5.06 Å². The van der Waals surface area contributed by atoms with Gasteiger partial charge in [-0.1, -0.05) is 50.2 Å². The van der Waals surface area contributed by atoms with Gasteiger partial charge in [0.1, 0.15) is 23.1 Å². The number of piperidine rings is 1. The number of carbonyl (C=O) groups is 1. The number of ketones is 1. The number of hydroxylamine groups is 2. The van der Waals surface area contributed by atoms with E-state index >= 15 is 0 Å². The molecule has 1 aliphatic heterocycles. The summed E-state index contributed by atoms with van der Waals surface area (Å²) in [5.74, 6) is 2.15. The van der Waals surface area contributed by atoms with E-state index in [2.05, 4.69) is 4.98 Å². The maximum absolute atomic E-state index is 13.5. The fraction of sp³-hybridized carbons (Fsp3) is 0.333. The van der Waals surface area contributed by atoms with Crippen molar-refractivity contribution in [2.75, 3.05) is 20.8 Å². The number of para-hydroxylation sites is 2. The summed E-state index contributed by atoms with van der Waals surface area (Å²) in [7, 11) is 3.30. The highest BCUT2D eigenvalue weighted by molar-refractivity contribution is 5.85. The Morgan fingerprint density at radius 3 is 1.86 bits per heavy atom. The van der Waals surface area contributed by atoms with E-state index in [1.165, 1.54) is 0 Å². The Labute approximate surface area is 217 Å². The van der Waals surface area contributed by atoms with Crippen LogP contribution in [0.4, 0.5) is 0 Å². The molecule has 1 fully saturated rings. The number of hydrogen-bond acceptors (Lipinski definition) is 6. The van der Waals surface area contributed by atoms with E-state index in [1.54, 1.807) is 14.2 Å². The molecule has 1 aliphatic rings. The van der Waals surface area contributed by atoms with Gasteiger partial charge in [-0.05, 0) is 47.5 Å². The molecule has 0 unspecified atom stereocenters. The molecule has 4 aromatic rings. The number of methoxy groups -OCH3 is 2. The molecule has 37 heavy (non-hydrogen) atoms. The normalized spacial score (nSPS) is 22.3. The largest absolute Gasteiger partial charge is 0.497 e. The second-order valence-corrected chi connectivity index (χ2v) is 9.56. The van der Waals surface area contributed by atoms with Gasteiger partial charge in [0, 0.05) is 18.3 Å².